The average Bonchev–Trinajstić information content (AvgIpc) is 2.99. The second-order valence-corrected chi connectivity index (χ2v) is 7.53. The van der Waals surface area contributed by atoms with Crippen molar-refractivity contribution >= 4 is 37.0 Å². The van der Waals surface area contributed by atoms with Gasteiger partial charge in [-0.05, 0) is 30.5 Å². The molecule has 24 heavy (non-hydrogen) atoms. The van der Waals surface area contributed by atoms with Gasteiger partial charge in [-0.1, -0.05) is 39.3 Å². The molecule has 0 aliphatic carbocycles. The molecule has 0 aliphatic heterocycles. The summed E-state index contributed by atoms with van der Waals surface area (Å²) in [6.45, 7) is 6.81. The predicted octanol–water partition coefficient (Wildman–Crippen LogP) is 5.87. The van der Waals surface area contributed by atoms with Gasteiger partial charge in [0.1, 0.15) is 4.70 Å². The first kappa shape index (κ1) is 15.6. The summed E-state index contributed by atoms with van der Waals surface area (Å²) in [5.41, 5.74) is 5.78. The molecule has 0 saturated carbocycles. The van der Waals surface area contributed by atoms with Crippen LogP contribution in [0.15, 0.2) is 42.6 Å². The van der Waals surface area contributed by atoms with E-state index in [1.807, 2.05) is 11.3 Å². The maximum atomic E-state index is 2.41. The summed E-state index contributed by atoms with van der Waals surface area (Å²) < 4.78 is 5.28. The van der Waals surface area contributed by atoms with E-state index in [1.165, 1.54) is 55.4 Å². The second-order valence-electron chi connectivity index (χ2n) is 6.47. The lowest BCUT2D eigenvalue weighted by atomic mass is 9.99. The molecule has 1 nitrogen and oxygen atoms in total. The molecule has 0 amide bonds. The van der Waals surface area contributed by atoms with Crippen molar-refractivity contribution in [3.05, 3.63) is 59.4 Å². The Balaban J connectivity index is 2.19. The van der Waals surface area contributed by atoms with Crippen LogP contribution in [-0.2, 0) is 19.3 Å². The summed E-state index contributed by atoms with van der Waals surface area (Å²) in [5.74, 6) is 0. The van der Waals surface area contributed by atoms with E-state index in [4.69, 9.17) is 0 Å². The van der Waals surface area contributed by atoms with Crippen molar-refractivity contribution in [2.45, 2.75) is 46.5 Å². The largest absolute Gasteiger partial charge is 0.228 e. The van der Waals surface area contributed by atoms with Crippen LogP contribution in [0.4, 0.5) is 0 Å². The monoisotopic (exact) mass is 334 g/mol. The van der Waals surface area contributed by atoms with Crippen molar-refractivity contribution in [3.63, 3.8) is 0 Å². The van der Waals surface area contributed by atoms with Crippen molar-refractivity contribution < 1.29 is 4.40 Å². The number of aromatic nitrogens is 1. The minimum atomic E-state index is 1.07. The van der Waals surface area contributed by atoms with Crippen LogP contribution in [0.5, 0.6) is 0 Å². The zero-order valence-electron chi connectivity index (χ0n) is 14.7. The van der Waals surface area contributed by atoms with Crippen molar-refractivity contribution in [3.8, 4) is 0 Å². The highest BCUT2D eigenvalue weighted by Crippen LogP contribution is 2.39. The molecule has 2 heteroatoms. The van der Waals surface area contributed by atoms with Crippen LogP contribution in [0, 0.1) is 0 Å². The van der Waals surface area contributed by atoms with Crippen LogP contribution in [0.3, 0.4) is 0 Å². The van der Waals surface area contributed by atoms with Gasteiger partial charge in [-0.3, -0.25) is 0 Å². The topological polar surface area (TPSA) is 4.10 Å². The molecule has 4 aromatic rings. The van der Waals surface area contributed by atoms with Crippen LogP contribution in [0.2, 0.25) is 0 Å². The molecule has 0 fully saturated rings. The van der Waals surface area contributed by atoms with Gasteiger partial charge in [0, 0.05) is 39.6 Å². The number of nitrogens with zero attached hydrogens (tertiary/aromatic N) is 1. The predicted molar refractivity (Wildman–Crippen MR) is 105 cm³/mol. The number of thiophene rings is 1. The van der Waals surface area contributed by atoms with E-state index < -0.39 is 0 Å². The fourth-order valence-electron chi connectivity index (χ4n) is 3.98. The van der Waals surface area contributed by atoms with Crippen LogP contribution in [0.1, 0.15) is 44.0 Å². The third-order valence-electron chi connectivity index (χ3n) is 5.02. The van der Waals surface area contributed by atoms with E-state index in [2.05, 4.69) is 67.8 Å². The van der Waals surface area contributed by atoms with E-state index in [0.29, 0.717) is 0 Å². The SMILES string of the molecule is CCCc1ccc2c(c1)sc1c2c(CC)c(CC)[n+]2ccccc12. The molecule has 0 N–H and O–H groups in total. The van der Waals surface area contributed by atoms with Crippen molar-refractivity contribution in [1.82, 2.24) is 0 Å². The van der Waals surface area contributed by atoms with Gasteiger partial charge >= 0.3 is 0 Å². The van der Waals surface area contributed by atoms with Crippen LogP contribution < -0.4 is 4.40 Å². The van der Waals surface area contributed by atoms with E-state index in [0.717, 1.165) is 12.8 Å². The molecule has 0 atom stereocenters. The second kappa shape index (κ2) is 6.18. The summed E-state index contributed by atoms with van der Waals surface area (Å²) in [6, 6.07) is 13.7. The number of pyridine rings is 2. The first-order valence-corrected chi connectivity index (χ1v) is 9.89. The first-order chi connectivity index (χ1) is 11.8. The molecule has 122 valence electrons. The summed E-state index contributed by atoms with van der Waals surface area (Å²) in [5, 5.41) is 2.93. The summed E-state index contributed by atoms with van der Waals surface area (Å²) >= 11 is 1.96. The molecule has 0 bridgehead atoms. The lowest BCUT2D eigenvalue weighted by Crippen LogP contribution is -2.28. The Morgan fingerprint density at radius 3 is 2.62 bits per heavy atom. The summed E-state index contributed by atoms with van der Waals surface area (Å²) in [4.78, 5) is 0. The minimum Gasteiger partial charge on any atom is -0.163 e. The molecule has 0 radical (unpaired) electrons. The molecule has 0 spiro atoms. The number of hydrogen-bond acceptors (Lipinski definition) is 1. The van der Waals surface area contributed by atoms with Gasteiger partial charge in [-0.2, -0.15) is 4.40 Å². The molecule has 3 heterocycles. The third kappa shape index (κ3) is 2.24. The molecular formula is C22H24NS+. The number of fused-ring (bicyclic) bond motifs is 5. The number of benzene rings is 1. The van der Waals surface area contributed by atoms with Gasteiger partial charge < -0.3 is 0 Å². The smallest absolute Gasteiger partial charge is 0.163 e. The Hall–Kier alpha value is -1.93. The van der Waals surface area contributed by atoms with Crippen molar-refractivity contribution in [2.24, 2.45) is 0 Å². The Kier molecular flexibility index (Phi) is 4.01. The standard InChI is InChI=1S/C22H24NS/c1-4-9-15-11-12-17-20(14-15)24-22-19-10-7-8-13-23(19)18(6-3)16(5-2)21(17)22/h7-8,10-14H,4-6,9H2,1-3H3/q+1. The van der Waals surface area contributed by atoms with E-state index in [9.17, 15) is 0 Å². The van der Waals surface area contributed by atoms with Gasteiger partial charge in [-0.25, -0.2) is 0 Å². The van der Waals surface area contributed by atoms with Crippen LogP contribution in [0.25, 0.3) is 25.7 Å². The van der Waals surface area contributed by atoms with Gasteiger partial charge in [0.15, 0.2) is 11.9 Å². The van der Waals surface area contributed by atoms with E-state index >= 15 is 0 Å². The number of hydrogen-bond donors (Lipinski definition) is 0. The van der Waals surface area contributed by atoms with Gasteiger partial charge in [-0.15, -0.1) is 11.3 Å². The van der Waals surface area contributed by atoms with Crippen LogP contribution in [-0.4, -0.2) is 0 Å². The maximum absolute atomic E-state index is 2.41. The molecule has 1 aromatic carbocycles. The highest BCUT2D eigenvalue weighted by atomic mass is 32.1. The van der Waals surface area contributed by atoms with Crippen LogP contribution >= 0.6 is 11.3 Å². The first-order valence-electron chi connectivity index (χ1n) is 9.07. The van der Waals surface area contributed by atoms with Gasteiger partial charge in [0.25, 0.3) is 0 Å². The lowest BCUT2D eigenvalue weighted by Gasteiger charge is -2.07. The molecular weight excluding hydrogens is 310 g/mol. The summed E-state index contributed by atoms with van der Waals surface area (Å²) in [7, 11) is 0. The number of rotatable bonds is 4. The highest BCUT2D eigenvalue weighted by Gasteiger charge is 2.22. The van der Waals surface area contributed by atoms with Crippen molar-refractivity contribution in [2.75, 3.05) is 0 Å². The maximum Gasteiger partial charge on any atom is 0.228 e. The van der Waals surface area contributed by atoms with Crippen molar-refractivity contribution in [1.29, 1.82) is 0 Å². The quantitative estimate of drug-likeness (QED) is 0.411. The highest BCUT2D eigenvalue weighted by molar-refractivity contribution is 7.26. The lowest BCUT2D eigenvalue weighted by molar-refractivity contribution is -0.520. The molecule has 0 aliphatic rings. The molecule has 4 rings (SSSR count). The zero-order valence-corrected chi connectivity index (χ0v) is 15.5. The van der Waals surface area contributed by atoms with Gasteiger partial charge in [0.05, 0.1) is 0 Å². The fourth-order valence-corrected chi connectivity index (χ4v) is 5.30. The fraction of sp³-hybridized carbons (Fsp3) is 0.318. The molecule has 3 aromatic heterocycles. The summed E-state index contributed by atoms with van der Waals surface area (Å²) in [6.07, 6.45) is 6.74. The molecule has 0 unspecified atom stereocenters. The number of aryl methyl sites for hydroxylation is 3. The Bertz CT molecular complexity index is 1040. The Labute approximate surface area is 147 Å². The molecule has 0 saturated heterocycles. The third-order valence-corrected chi connectivity index (χ3v) is 6.19. The van der Waals surface area contributed by atoms with E-state index in [1.54, 1.807) is 0 Å². The average molecular weight is 335 g/mol. The normalized spacial score (nSPS) is 11.8. The minimum absolute atomic E-state index is 1.07. The zero-order chi connectivity index (χ0) is 16.7. The Morgan fingerprint density at radius 2 is 1.88 bits per heavy atom. The van der Waals surface area contributed by atoms with E-state index in [-0.39, 0.29) is 0 Å². The Morgan fingerprint density at radius 1 is 1.00 bits per heavy atom. The van der Waals surface area contributed by atoms with Gasteiger partial charge in [0.2, 0.25) is 5.52 Å².